The molecule has 2 aromatic carbocycles. The van der Waals surface area contributed by atoms with Crippen LogP contribution in [-0.4, -0.2) is 40.6 Å². The monoisotopic (exact) mass is 519 g/mol. The zero-order chi connectivity index (χ0) is 26.6. The van der Waals surface area contributed by atoms with Crippen LogP contribution in [-0.2, 0) is 26.7 Å². The third-order valence-electron chi connectivity index (χ3n) is 6.66. The molecule has 0 aromatic heterocycles. The van der Waals surface area contributed by atoms with Gasteiger partial charge < -0.3 is 14.7 Å². The number of halogens is 7. The lowest BCUT2D eigenvalue weighted by Gasteiger charge is -2.27. The molecule has 36 heavy (non-hydrogen) atoms. The highest BCUT2D eigenvalue weighted by Gasteiger charge is 2.54. The van der Waals surface area contributed by atoms with Gasteiger partial charge in [-0.2, -0.15) is 26.3 Å². The number of hydrogen-bond donors (Lipinski definition) is 1. The van der Waals surface area contributed by atoms with E-state index in [4.69, 9.17) is 4.74 Å². The predicted molar refractivity (Wildman–Crippen MR) is 110 cm³/mol. The van der Waals surface area contributed by atoms with E-state index in [1.165, 1.54) is 24.0 Å². The number of benzene rings is 2. The number of carbonyl (C=O) groups excluding carboxylic acids is 1. The van der Waals surface area contributed by atoms with E-state index in [0.717, 1.165) is 12.1 Å². The van der Waals surface area contributed by atoms with Crippen molar-refractivity contribution < 1.29 is 50.2 Å². The van der Waals surface area contributed by atoms with E-state index in [2.05, 4.69) is 0 Å². The number of aliphatic carboxylic acids is 1. The Hall–Kier alpha value is -3.15. The molecule has 0 spiro atoms. The molecular weight excluding hydrogens is 499 g/mol. The molecule has 194 valence electrons. The van der Waals surface area contributed by atoms with E-state index in [1.54, 1.807) is 0 Å². The maximum Gasteiger partial charge on any atom is 0.416 e. The molecule has 2 heterocycles. The summed E-state index contributed by atoms with van der Waals surface area (Å²) in [4.78, 5) is 25.4. The molecule has 2 aliphatic rings. The van der Waals surface area contributed by atoms with Gasteiger partial charge in [0.25, 0.3) is 0 Å². The first kappa shape index (κ1) is 25.9. The molecule has 1 amide bonds. The summed E-state index contributed by atoms with van der Waals surface area (Å²) in [6.45, 7) is 1.17. The number of hydrogen-bond acceptors (Lipinski definition) is 3. The van der Waals surface area contributed by atoms with Crippen molar-refractivity contribution in [3.63, 3.8) is 0 Å². The van der Waals surface area contributed by atoms with E-state index in [-0.39, 0.29) is 24.6 Å². The minimum Gasteiger partial charge on any atom is -0.481 e. The van der Waals surface area contributed by atoms with Gasteiger partial charge in [0, 0.05) is 18.5 Å². The van der Waals surface area contributed by atoms with Gasteiger partial charge in [0.05, 0.1) is 23.3 Å². The Bertz CT molecular complexity index is 1130. The molecule has 5 atom stereocenters. The van der Waals surface area contributed by atoms with Gasteiger partial charge in [-0.25, -0.2) is 4.39 Å². The fraction of sp³-hybridized carbons (Fsp3) is 0.417. The standard InChI is InChI=1S/C24H20F7NO4/c1-11(13-6-14(23(26,27)28)8-15(7-13)24(29,30)31)36-19-10-32-18(9-17(21(32)33)22(34)35)20(19)12-2-4-16(25)5-3-12/h2-8,11,17-20H,9-10H2,1H3,(H,34,35)/t11-,17?,18+,19+,20+/m1/s1. The van der Waals surface area contributed by atoms with Crippen molar-refractivity contribution >= 4 is 11.9 Å². The second-order valence-corrected chi connectivity index (χ2v) is 8.92. The van der Waals surface area contributed by atoms with Crippen LogP contribution in [0.3, 0.4) is 0 Å². The first-order valence-electron chi connectivity index (χ1n) is 10.9. The van der Waals surface area contributed by atoms with Gasteiger partial charge in [0.2, 0.25) is 5.91 Å². The highest BCUT2D eigenvalue weighted by atomic mass is 19.4. The SMILES string of the molecule is C[C@@H](O[C@H]1CN2C(=O)C(C(=O)O)C[C@H]2[C@@H]1c1ccc(F)cc1)c1cc(C(F)(F)F)cc(C(F)(F)F)c1. The molecule has 12 heteroatoms. The zero-order valence-electron chi connectivity index (χ0n) is 18.6. The number of nitrogens with zero attached hydrogens (tertiary/aromatic N) is 1. The molecular formula is C24H20F7NO4. The molecule has 0 radical (unpaired) electrons. The molecule has 5 nitrogen and oxygen atoms in total. The third-order valence-corrected chi connectivity index (χ3v) is 6.66. The van der Waals surface area contributed by atoms with Crippen LogP contribution in [0.15, 0.2) is 42.5 Å². The van der Waals surface area contributed by atoms with Crippen molar-refractivity contribution in [2.24, 2.45) is 5.92 Å². The number of alkyl halides is 6. The first-order valence-corrected chi connectivity index (χ1v) is 10.9. The summed E-state index contributed by atoms with van der Waals surface area (Å²) in [5.41, 5.74) is -2.83. The fourth-order valence-electron chi connectivity index (χ4n) is 4.96. The quantitative estimate of drug-likeness (QED) is 0.424. The highest BCUT2D eigenvalue weighted by molar-refractivity contribution is 5.99. The Morgan fingerprint density at radius 3 is 2.08 bits per heavy atom. The molecule has 4 rings (SSSR count). The van der Waals surface area contributed by atoms with Crippen molar-refractivity contribution in [2.75, 3.05) is 6.54 Å². The van der Waals surface area contributed by atoms with Crippen LogP contribution in [0.5, 0.6) is 0 Å². The summed E-state index contributed by atoms with van der Waals surface area (Å²) in [6, 6.07) is 5.70. The highest BCUT2D eigenvalue weighted by Crippen LogP contribution is 2.45. The average Bonchev–Trinajstić information content (AvgIpc) is 3.29. The van der Waals surface area contributed by atoms with Gasteiger partial charge in [0.1, 0.15) is 11.7 Å². The van der Waals surface area contributed by atoms with Crippen molar-refractivity contribution in [3.8, 4) is 0 Å². The third kappa shape index (κ3) is 4.91. The predicted octanol–water partition coefficient (Wildman–Crippen LogP) is 5.41. The molecule has 1 N–H and O–H groups in total. The number of ether oxygens (including phenoxy) is 1. The lowest BCUT2D eigenvalue weighted by atomic mass is 9.86. The maximum absolute atomic E-state index is 13.5. The molecule has 0 aliphatic carbocycles. The van der Waals surface area contributed by atoms with Crippen LogP contribution >= 0.6 is 0 Å². The molecule has 0 saturated carbocycles. The lowest BCUT2D eigenvalue weighted by molar-refractivity contribution is -0.148. The fourth-order valence-corrected chi connectivity index (χ4v) is 4.96. The normalized spacial score (nSPS) is 25.2. The van der Waals surface area contributed by atoms with Crippen molar-refractivity contribution in [3.05, 3.63) is 70.5 Å². The summed E-state index contributed by atoms with van der Waals surface area (Å²) in [5.74, 6) is -4.46. The van der Waals surface area contributed by atoms with Gasteiger partial charge >= 0.3 is 18.3 Å². The largest absolute Gasteiger partial charge is 0.481 e. The average molecular weight is 519 g/mol. The molecule has 1 unspecified atom stereocenters. The maximum atomic E-state index is 13.5. The summed E-state index contributed by atoms with van der Waals surface area (Å²) < 4.78 is 99.2. The van der Waals surface area contributed by atoms with Crippen molar-refractivity contribution in [1.29, 1.82) is 0 Å². The molecule has 2 aromatic rings. The lowest BCUT2D eigenvalue weighted by Crippen LogP contribution is -2.33. The van der Waals surface area contributed by atoms with Crippen LogP contribution in [0, 0.1) is 11.7 Å². The Labute approximate surface area is 200 Å². The van der Waals surface area contributed by atoms with E-state index in [0.29, 0.717) is 17.7 Å². The van der Waals surface area contributed by atoms with E-state index < -0.39 is 71.3 Å². The van der Waals surface area contributed by atoms with Crippen LogP contribution in [0.25, 0.3) is 0 Å². The molecule has 2 aliphatic heterocycles. The molecule has 2 saturated heterocycles. The second kappa shape index (κ2) is 9.06. The van der Waals surface area contributed by atoms with Crippen LogP contribution < -0.4 is 0 Å². The Morgan fingerprint density at radius 2 is 1.58 bits per heavy atom. The van der Waals surface area contributed by atoms with Gasteiger partial charge in [-0.3, -0.25) is 9.59 Å². The minimum atomic E-state index is -5.03. The summed E-state index contributed by atoms with van der Waals surface area (Å²) in [7, 11) is 0. The molecule has 2 fully saturated rings. The summed E-state index contributed by atoms with van der Waals surface area (Å²) >= 11 is 0. The van der Waals surface area contributed by atoms with Crippen LogP contribution in [0.4, 0.5) is 30.7 Å². The Morgan fingerprint density at radius 1 is 1.03 bits per heavy atom. The number of carbonyl (C=O) groups is 2. The topological polar surface area (TPSA) is 66.8 Å². The summed E-state index contributed by atoms with van der Waals surface area (Å²) in [5, 5.41) is 9.36. The van der Waals surface area contributed by atoms with Gasteiger partial charge in [-0.05, 0) is 54.8 Å². The number of carboxylic acid groups (broad SMARTS) is 1. The molecule has 0 bridgehead atoms. The first-order chi connectivity index (χ1) is 16.7. The Balaban J connectivity index is 1.68. The van der Waals surface area contributed by atoms with Crippen LogP contribution in [0.1, 0.15) is 47.6 Å². The van der Waals surface area contributed by atoms with E-state index in [1.807, 2.05) is 0 Å². The summed E-state index contributed by atoms with van der Waals surface area (Å²) in [6.07, 6.45) is -12.3. The number of carboxylic acids is 1. The van der Waals surface area contributed by atoms with Gasteiger partial charge in [0.15, 0.2) is 0 Å². The van der Waals surface area contributed by atoms with Crippen molar-refractivity contribution in [2.45, 2.75) is 49.9 Å². The number of amides is 1. The van der Waals surface area contributed by atoms with Crippen molar-refractivity contribution in [1.82, 2.24) is 4.90 Å². The smallest absolute Gasteiger partial charge is 0.416 e. The number of fused-ring (bicyclic) bond motifs is 1. The minimum absolute atomic E-state index is 0.0217. The second-order valence-electron chi connectivity index (χ2n) is 8.92. The van der Waals surface area contributed by atoms with Crippen LogP contribution in [0.2, 0.25) is 0 Å². The Kier molecular flexibility index (Phi) is 6.52. The van der Waals surface area contributed by atoms with Gasteiger partial charge in [-0.1, -0.05) is 12.1 Å². The van der Waals surface area contributed by atoms with E-state index >= 15 is 0 Å². The van der Waals surface area contributed by atoms with Gasteiger partial charge in [-0.15, -0.1) is 0 Å². The van der Waals surface area contributed by atoms with E-state index in [9.17, 15) is 45.4 Å². The zero-order valence-corrected chi connectivity index (χ0v) is 18.6. The number of rotatable bonds is 5.